The summed E-state index contributed by atoms with van der Waals surface area (Å²) >= 11 is 0. The predicted octanol–water partition coefficient (Wildman–Crippen LogP) is -2.04. The molecule has 0 aliphatic heterocycles. The molecule has 78 valence electrons. The first kappa shape index (κ1) is 11.3. The quantitative estimate of drug-likeness (QED) is 0.598. The average molecular weight is 225 g/mol. The van der Waals surface area contributed by atoms with E-state index in [1.165, 1.54) is 6.26 Å². The van der Waals surface area contributed by atoms with E-state index in [4.69, 9.17) is 4.42 Å². The van der Waals surface area contributed by atoms with Crippen LogP contribution in [0.5, 0.6) is 0 Å². The minimum absolute atomic E-state index is 0. The van der Waals surface area contributed by atoms with Gasteiger partial charge in [0.2, 0.25) is 0 Å². The average Bonchev–Trinajstić information content (AvgIpc) is 2.72. The van der Waals surface area contributed by atoms with Gasteiger partial charge in [0.25, 0.3) is 0 Å². The number of nitrogens with one attached hydrogen (secondary N) is 1. The molecule has 0 spiro atoms. The van der Waals surface area contributed by atoms with E-state index in [2.05, 4.69) is 5.43 Å². The van der Waals surface area contributed by atoms with E-state index >= 15 is 0 Å². The largest absolute Gasteiger partial charge is 1.00 e. The predicted molar refractivity (Wildman–Crippen MR) is 49.0 cm³/mol. The van der Waals surface area contributed by atoms with Crippen molar-refractivity contribution in [1.82, 2.24) is 0 Å². The summed E-state index contributed by atoms with van der Waals surface area (Å²) in [5.74, 6) is 0.0209. The van der Waals surface area contributed by atoms with Crippen LogP contribution in [0.2, 0.25) is 0 Å². The van der Waals surface area contributed by atoms with Crippen molar-refractivity contribution in [2.24, 2.45) is 0 Å². The molecule has 0 unspecified atom stereocenters. The zero-order valence-electron chi connectivity index (χ0n) is 7.76. The topological polar surface area (TPSA) is 46.1 Å². The molecule has 2 aromatic heterocycles. The van der Waals surface area contributed by atoms with Gasteiger partial charge in [-0.05, 0) is 12.1 Å². The van der Waals surface area contributed by atoms with E-state index in [9.17, 15) is 4.79 Å². The number of hydrogen-bond acceptors (Lipinski definition) is 2. The molecule has 0 bridgehead atoms. The number of furan rings is 1. The normalized spacial score (nSPS) is 9.07. The summed E-state index contributed by atoms with van der Waals surface area (Å²) in [6, 6.07) is 8.80. The van der Waals surface area contributed by atoms with Gasteiger partial charge in [-0.2, -0.15) is 0 Å². The molecular weight excluding hydrogens is 216 g/mol. The molecule has 0 saturated heterocycles. The van der Waals surface area contributed by atoms with Crippen molar-refractivity contribution < 1.29 is 26.3 Å². The number of aromatic nitrogens is 1. The summed E-state index contributed by atoms with van der Waals surface area (Å²) in [5.41, 5.74) is 2.63. The van der Waals surface area contributed by atoms with Crippen molar-refractivity contribution in [2.45, 2.75) is 0 Å². The molecule has 0 aliphatic carbocycles. The molecule has 15 heavy (non-hydrogen) atoms. The highest BCUT2D eigenvalue weighted by Gasteiger charge is 2.11. The second-order valence-electron chi connectivity index (χ2n) is 2.70. The van der Waals surface area contributed by atoms with Crippen molar-refractivity contribution in [3.63, 3.8) is 0 Å². The van der Waals surface area contributed by atoms with Crippen LogP contribution in [0, 0.1) is 0 Å². The number of hydrogen-bond donors (Lipinski definition) is 1. The van der Waals surface area contributed by atoms with Crippen LogP contribution >= 0.6 is 0 Å². The minimum Gasteiger partial charge on any atom is -1.00 e. The molecule has 4 nitrogen and oxygen atoms in total. The van der Waals surface area contributed by atoms with Gasteiger partial charge in [-0.25, -0.2) is 0 Å². The first-order valence-electron chi connectivity index (χ1n) is 4.17. The lowest BCUT2D eigenvalue weighted by Gasteiger charge is -1.94. The van der Waals surface area contributed by atoms with Gasteiger partial charge in [0, 0.05) is 12.1 Å². The number of amides is 1. The van der Waals surface area contributed by atoms with Crippen molar-refractivity contribution >= 4 is 5.91 Å². The lowest BCUT2D eigenvalue weighted by molar-refractivity contribution is -0.641. The Labute approximate surface area is 92.9 Å². The third-order valence-electron chi connectivity index (χ3n) is 1.69. The van der Waals surface area contributed by atoms with Crippen LogP contribution < -0.4 is 22.5 Å². The number of carbonyl (C=O) groups is 1. The Morgan fingerprint density at radius 1 is 1.20 bits per heavy atom. The van der Waals surface area contributed by atoms with Crippen LogP contribution in [-0.2, 0) is 0 Å². The first-order valence-corrected chi connectivity index (χ1v) is 4.17. The van der Waals surface area contributed by atoms with Crippen molar-refractivity contribution in [3.05, 3.63) is 54.7 Å². The Morgan fingerprint density at radius 3 is 2.53 bits per heavy atom. The summed E-state index contributed by atoms with van der Waals surface area (Å²) in [7, 11) is 0. The van der Waals surface area contributed by atoms with Crippen molar-refractivity contribution in [3.8, 4) is 0 Å². The highest BCUT2D eigenvalue weighted by Crippen LogP contribution is 1.98. The molecule has 2 heterocycles. The summed E-state index contributed by atoms with van der Waals surface area (Å²) in [6.45, 7) is 0. The third kappa shape index (κ3) is 2.82. The maximum atomic E-state index is 11.4. The highest BCUT2D eigenvalue weighted by molar-refractivity contribution is 5.96. The highest BCUT2D eigenvalue weighted by atomic mass is 35.5. The van der Waals surface area contributed by atoms with E-state index in [1.54, 1.807) is 29.2 Å². The molecule has 0 aliphatic rings. The van der Waals surface area contributed by atoms with Gasteiger partial charge >= 0.3 is 5.91 Å². The summed E-state index contributed by atoms with van der Waals surface area (Å²) in [6.07, 6.45) is 4.94. The molecular formula is C10H9ClN2O2. The van der Waals surface area contributed by atoms with Gasteiger partial charge < -0.3 is 16.8 Å². The van der Waals surface area contributed by atoms with Crippen LogP contribution in [0.3, 0.4) is 0 Å². The van der Waals surface area contributed by atoms with Crippen LogP contribution in [0.1, 0.15) is 10.6 Å². The fraction of sp³-hybridized carbons (Fsp3) is 0. The zero-order chi connectivity index (χ0) is 9.80. The summed E-state index contributed by atoms with van der Waals surface area (Å²) < 4.78 is 6.50. The van der Waals surface area contributed by atoms with Gasteiger partial charge in [0.05, 0.1) is 6.26 Å². The van der Waals surface area contributed by atoms with Gasteiger partial charge in [-0.15, -0.1) is 5.43 Å². The number of pyridine rings is 1. The molecule has 0 aromatic carbocycles. The molecule has 2 aromatic rings. The molecule has 0 fully saturated rings. The third-order valence-corrected chi connectivity index (χ3v) is 1.69. The standard InChI is InChI=1S/C10H8N2O2.ClH/c13-10(9-5-4-8-14-9)11-12-6-2-1-3-7-12;/h1-8H;1H. The molecule has 1 N–H and O–H groups in total. The molecule has 5 heteroatoms. The number of carbonyl (C=O) groups excluding carboxylic acids is 1. The maximum Gasteiger partial charge on any atom is 0.340 e. The van der Waals surface area contributed by atoms with Gasteiger partial charge in [-0.3, -0.25) is 4.79 Å². The maximum absolute atomic E-state index is 11.4. The van der Waals surface area contributed by atoms with Crippen LogP contribution in [0.15, 0.2) is 53.4 Å². The minimum atomic E-state index is -0.272. The number of rotatable bonds is 2. The van der Waals surface area contributed by atoms with E-state index < -0.39 is 0 Å². The van der Waals surface area contributed by atoms with Gasteiger partial charge in [0.1, 0.15) is 0 Å². The summed E-state index contributed by atoms with van der Waals surface area (Å²) in [5, 5.41) is 0. The lowest BCUT2D eigenvalue weighted by atomic mass is 10.4. The van der Waals surface area contributed by atoms with Crippen LogP contribution in [0.25, 0.3) is 0 Å². The lowest BCUT2D eigenvalue weighted by Crippen LogP contribution is -3.00. The van der Waals surface area contributed by atoms with Gasteiger partial charge in [-0.1, -0.05) is 10.7 Å². The van der Waals surface area contributed by atoms with E-state index in [0.717, 1.165) is 0 Å². The zero-order valence-corrected chi connectivity index (χ0v) is 8.52. The fourth-order valence-corrected chi connectivity index (χ4v) is 1.05. The van der Waals surface area contributed by atoms with Crippen LogP contribution in [0.4, 0.5) is 0 Å². The molecule has 0 saturated carbocycles. The second-order valence-corrected chi connectivity index (χ2v) is 2.70. The SMILES string of the molecule is O=C(N[n+]1ccccc1)c1ccco1.[Cl-]. The van der Waals surface area contributed by atoms with E-state index in [0.29, 0.717) is 5.76 Å². The Hall–Kier alpha value is -1.81. The fourth-order valence-electron chi connectivity index (χ4n) is 1.05. The van der Waals surface area contributed by atoms with Crippen molar-refractivity contribution in [1.29, 1.82) is 0 Å². The summed E-state index contributed by atoms with van der Waals surface area (Å²) in [4.78, 5) is 11.4. The second kappa shape index (κ2) is 5.17. The van der Waals surface area contributed by atoms with Gasteiger partial charge in [0.15, 0.2) is 18.2 Å². The number of halogens is 1. The Kier molecular flexibility index (Phi) is 3.88. The smallest absolute Gasteiger partial charge is 0.340 e. The Balaban J connectivity index is 0.00000112. The molecule has 2 rings (SSSR count). The Morgan fingerprint density at radius 2 is 1.93 bits per heavy atom. The monoisotopic (exact) mass is 224 g/mol. The Bertz CT molecular complexity index is 414. The number of nitrogens with zero attached hydrogens (tertiary/aromatic N) is 1. The van der Waals surface area contributed by atoms with E-state index in [-0.39, 0.29) is 18.3 Å². The molecule has 1 amide bonds. The first-order chi connectivity index (χ1) is 6.86. The molecule has 0 radical (unpaired) electrons. The molecule has 0 atom stereocenters. The van der Waals surface area contributed by atoms with Crippen LogP contribution in [-0.4, -0.2) is 5.91 Å². The van der Waals surface area contributed by atoms with Crippen molar-refractivity contribution in [2.75, 3.05) is 5.43 Å². The van der Waals surface area contributed by atoms with E-state index in [1.807, 2.05) is 18.2 Å².